The second-order valence-electron chi connectivity index (χ2n) is 6.70. The molecular weight excluding hydrogens is 427 g/mol. The number of aliphatic imine (C=N–C) groups is 1. The first-order valence-electron chi connectivity index (χ1n) is 9.44. The van der Waals surface area contributed by atoms with Crippen molar-refractivity contribution in [3.05, 3.63) is 18.0 Å². The van der Waals surface area contributed by atoms with Crippen LogP contribution < -0.4 is 10.6 Å². The predicted molar refractivity (Wildman–Crippen MR) is 116 cm³/mol. The fraction of sp³-hybridized carbons (Fsp3) is 0.778. The summed E-state index contributed by atoms with van der Waals surface area (Å²) >= 11 is 0. The first-order chi connectivity index (χ1) is 11.7. The molecule has 6 nitrogen and oxygen atoms in total. The lowest BCUT2D eigenvalue weighted by Gasteiger charge is -2.33. The summed E-state index contributed by atoms with van der Waals surface area (Å²) in [4.78, 5) is 7.31. The second kappa shape index (κ2) is 12.5. The maximum atomic E-state index is 4.70. The maximum Gasteiger partial charge on any atom is 0.191 e. The number of rotatable bonds is 8. The minimum atomic E-state index is 0. The summed E-state index contributed by atoms with van der Waals surface area (Å²) in [6.07, 6.45) is 9.16. The number of aromatic nitrogens is 2. The fourth-order valence-corrected chi connectivity index (χ4v) is 3.17. The Hall–Kier alpha value is -0.830. The first-order valence-corrected chi connectivity index (χ1v) is 9.44. The number of aryl methyl sites for hydroxylation is 1. The molecule has 144 valence electrons. The van der Waals surface area contributed by atoms with Crippen molar-refractivity contribution in [1.82, 2.24) is 25.3 Å². The SMILES string of the molecule is CCNC(=NCCCN1CCCCC1C)NCCn1cc(C)cn1.I. The Morgan fingerprint density at radius 2 is 2.16 bits per heavy atom. The fourth-order valence-electron chi connectivity index (χ4n) is 3.17. The highest BCUT2D eigenvalue weighted by Gasteiger charge is 2.16. The molecule has 1 aromatic heterocycles. The molecule has 1 aliphatic rings. The Balaban J connectivity index is 0.00000312. The van der Waals surface area contributed by atoms with E-state index in [-0.39, 0.29) is 24.0 Å². The number of hydrogen-bond acceptors (Lipinski definition) is 3. The largest absolute Gasteiger partial charge is 0.357 e. The quantitative estimate of drug-likeness (QED) is 0.270. The molecule has 1 saturated heterocycles. The molecule has 25 heavy (non-hydrogen) atoms. The summed E-state index contributed by atoms with van der Waals surface area (Å²) in [7, 11) is 0. The molecule has 2 rings (SSSR count). The van der Waals surface area contributed by atoms with Crippen LogP contribution in [0.4, 0.5) is 0 Å². The molecule has 1 aliphatic heterocycles. The van der Waals surface area contributed by atoms with Crippen LogP contribution in [0.5, 0.6) is 0 Å². The molecule has 0 spiro atoms. The monoisotopic (exact) mass is 462 g/mol. The minimum absolute atomic E-state index is 0. The third-order valence-corrected chi connectivity index (χ3v) is 4.55. The van der Waals surface area contributed by atoms with Gasteiger partial charge in [-0.25, -0.2) is 0 Å². The lowest BCUT2D eigenvalue weighted by molar-refractivity contribution is 0.160. The normalized spacial score (nSPS) is 18.7. The lowest BCUT2D eigenvalue weighted by Crippen LogP contribution is -2.40. The van der Waals surface area contributed by atoms with Gasteiger partial charge in [0.15, 0.2) is 5.96 Å². The van der Waals surface area contributed by atoms with Crippen molar-refractivity contribution < 1.29 is 0 Å². The highest BCUT2D eigenvalue weighted by atomic mass is 127. The van der Waals surface area contributed by atoms with E-state index in [1.165, 1.54) is 31.4 Å². The molecule has 0 bridgehead atoms. The zero-order valence-corrected chi connectivity index (χ0v) is 18.3. The van der Waals surface area contributed by atoms with E-state index >= 15 is 0 Å². The first kappa shape index (κ1) is 22.2. The van der Waals surface area contributed by atoms with Gasteiger partial charge in [-0.1, -0.05) is 6.42 Å². The number of nitrogens with one attached hydrogen (secondary N) is 2. The Kier molecular flexibility index (Phi) is 11.1. The number of guanidine groups is 1. The topological polar surface area (TPSA) is 57.5 Å². The van der Waals surface area contributed by atoms with Gasteiger partial charge < -0.3 is 15.5 Å². The van der Waals surface area contributed by atoms with Gasteiger partial charge in [0.1, 0.15) is 0 Å². The van der Waals surface area contributed by atoms with E-state index < -0.39 is 0 Å². The van der Waals surface area contributed by atoms with Crippen LogP contribution in [0, 0.1) is 6.92 Å². The van der Waals surface area contributed by atoms with Crippen LogP contribution in [0.25, 0.3) is 0 Å². The zero-order chi connectivity index (χ0) is 17.2. The highest BCUT2D eigenvalue weighted by molar-refractivity contribution is 14.0. The van der Waals surface area contributed by atoms with Crippen LogP contribution >= 0.6 is 24.0 Å². The van der Waals surface area contributed by atoms with E-state index in [9.17, 15) is 0 Å². The summed E-state index contributed by atoms with van der Waals surface area (Å²) in [5.41, 5.74) is 1.20. The molecule has 7 heteroatoms. The number of piperidine rings is 1. The van der Waals surface area contributed by atoms with Crippen molar-refractivity contribution in [1.29, 1.82) is 0 Å². The van der Waals surface area contributed by atoms with Gasteiger partial charge in [0, 0.05) is 38.4 Å². The maximum absolute atomic E-state index is 4.70. The zero-order valence-electron chi connectivity index (χ0n) is 16.0. The van der Waals surface area contributed by atoms with Gasteiger partial charge in [-0.05, 0) is 52.1 Å². The molecule has 1 unspecified atom stereocenters. The van der Waals surface area contributed by atoms with Gasteiger partial charge >= 0.3 is 0 Å². The number of likely N-dealkylation sites (tertiary alicyclic amines) is 1. The van der Waals surface area contributed by atoms with Crippen molar-refractivity contribution in [2.45, 2.75) is 59.0 Å². The van der Waals surface area contributed by atoms with E-state index in [0.29, 0.717) is 0 Å². The smallest absolute Gasteiger partial charge is 0.191 e. The van der Waals surface area contributed by atoms with E-state index in [1.54, 1.807) is 0 Å². The van der Waals surface area contributed by atoms with Crippen molar-refractivity contribution >= 4 is 29.9 Å². The molecule has 0 aliphatic carbocycles. The predicted octanol–water partition coefficient (Wildman–Crippen LogP) is 2.63. The summed E-state index contributed by atoms with van der Waals surface area (Å²) < 4.78 is 1.96. The summed E-state index contributed by atoms with van der Waals surface area (Å²) in [6.45, 7) is 12.4. The standard InChI is InChI=1S/C18H34N6.HI/c1-4-19-18(21-10-13-24-15-16(2)14-22-24)20-9-7-12-23-11-6-5-8-17(23)3;/h14-15,17H,4-13H2,1-3H3,(H2,19,20,21);1H. The number of halogens is 1. The van der Waals surface area contributed by atoms with Gasteiger partial charge in [-0.3, -0.25) is 9.67 Å². The van der Waals surface area contributed by atoms with Gasteiger partial charge in [0.25, 0.3) is 0 Å². The Morgan fingerprint density at radius 1 is 1.32 bits per heavy atom. The van der Waals surface area contributed by atoms with Crippen LogP contribution in [-0.2, 0) is 6.54 Å². The van der Waals surface area contributed by atoms with Crippen LogP contribution in [-0.4, -0.2) is 59.4 Å². The van der Waals surface area contributed by atoms with E-state index in [1.807, 2.05) is 10.9 Å². The average Bonchev–Trinajstić information content (AvgIpc) is 2.98. The van der Waals surface area contributed by atoms with Crippen molar-refractivity contribution in [2.24, 2.45) is 4.99 Å². The Morgan fingerprint density at radius 3 is 2.84 bits per heavy atom. The van der Waals surface area contributed by atoms with Crippen molar-refractivity contribution in [2.75, 3.05) is 32.7 Å². The van der Waals surface area contributed by atoms with Crippen LogP contribution in [0.15, 0.2) is 17.4 Å². The summed E-state index contributed by atoms with van der Waals surface area (Å²) in [5, 5.41) is 11.0. The molecule has 0 radical (unpaired) electrons. The number of nitrogens with zero attached hydrogens (tertiary/aromatic N) is 4. The van der Waals surface area contributed by atoms with Gasteiger partial charge in [-0.2, -0.15) is 5.10 Å². The van der Waals surface area contributed by atoms with Gasteiger partial charge in [-0.15, -0.1) is 24.0 Å². The highest BCUT2D eigenvalue weighted by Crippen LogP contribution is 2.16. The third kappa shape index (κ3) is 8.40. The van der Waals surface area contributed by atoms with Gasteiger partial charge in [0.2, 0.25) is 0 Å². The lowest BCUT2D eigenvalue weighted by atomic mass is 10.0. The number of hydrogen-bond donors (Lipinski definition) is 2. The molecule has 0 amide bonds. The molecule has 1 aromatic rings. The molecule has 0 saturated carbocycles. The van der Waals surface area contributed by atoms with E-state index in [4.69, 9.17) is 4.99 Å². The molecular formula is C18H35IN6. The van der Waals surface area contributed by atoms with E-state index in [0.717, 1.165) is 51.1 Å². The Bertz CT molecular complexity index is 502. The third-order valence-electron chi connectivity index (χ3n) is 4.55. The minimum Gasteiger partial charge on any atom is -0.357 e. The van der Waals surface area contributed by atoms with Crippen LogP contribution in [0.2, 0.25) is 0 Å². The van der Waals surface area contributed by atoms with Gasteiger partial charge in [0.05, 0.1) is 12.7 Å². The molecule has 2 heterocycles. The van der Waals surface area contributed by atoms with Crippen molar-refractivity contribution in [3.8, 4) is 0 Å². The van der Waals surface area contributed by atoms with Crippen molar-refractivity contribution in [3.63, 3.8) is 0 Å². The summed E-state index contributed by atoms with van der Waals surface area (Å²) in [6, 6.07) is 0.742. The van der Waals surface area contributed by atoms with E-state index in [2.05, 4.69) is 47.6 Å². The molecule has 2 N–H and O–H groups in total. The average molecular weight is 462 g/mol. The molecule has 0 aromatic carbocycles. The summed E-state index contributed by atoms with van der Waals surface area (Å²) in [5.74, 6) is 0.910. The second-order valence-corrected chi connectivity index (χ2v) is 6.70. The molecule has 1 fully saturated rings. The Labute approximate surface area is 169 Å². The van der Waals surface area contributed by atoms with Crippen LogP contribution in [0.3, 0.4) is 0 Å². The molecule has 1 atom stereocenters. The van der Waals surface area contributed by atoms with Crippen LogP contribution in [0.1, 0.15) is 45.1 Å².